The minimum Gasteiger partial charge on any atom is -0.461 e. The monoisotopic (exact) mass is 228 g/mol. The Labute approximate surface area is 101 Å². The van der Waals surface area contributed by atoms with Crippen molar-refractivity contribution in [3.05, 3.63) is 35.6 Å². The molecule has 0 spiro atoms. The standard InChI is InChI=1S/C14H16N2O/c1-2-13-12(10-16-9-5-8-15)11-6-3-4-7-14(11)17-13/h3-4,6-7,16H,2,5,9-10H2,1H3. The summed E-state index contributed by atoms with van der Waals surface area (Å²) in [4.78, 5) is 0. The third kappa shape index (κ3) is 2.48. The molecule has 0 saturated carbocycles. The van der Waals surface area contributed by atoms with E-state index >= 15 is 0 Å². The van der Waals surface area contributed by atoms with Crippen molar-refractivity contribution in [2.45, 2.75) is 26.3 Å². The van der Waals surface area contributed by atoms with E-state index in [0.29, 0.717) is 6.42 Å². The third-order valence-electron chi connectivity index (χ3n) is 2.82. The molecule has 0 aliphatic heterocycles. The maximum Gasteiger partial charge on any atom is 0.134 e. The molecule has 0 aliphatic carbocycles. The number of nitrogens with one attached hydrogen (secondary N) is 1. The van der Waals surface area contributed by atoms with Gasteiger partial charge in [0.15, 0.2) is 0 Å². The fourth-order valence-corrected chi connectivity index (χ4v) is 1.99. The van der Waals surface area contributed by atoms with Crippen LogP contribution >= 0.6 is 0 Å². The number of hydrogen-bond acceptors (Lipinski definition) is 3. The van der Waals surface area contributed by atoms with Crippen LogP contribution in [0.25, 0.3) is 11.0 Å². The van der Waals surface area contributed by atoms with Gasteiger partial charge in [0.05, 0.1) is 6.07 Å². The topological polar surface area (TPSA) is 49.0 Å². The lowest BCUT2D eigenvalue weighted by atomic mass is 10.1. The predicted octanol–water partition coefficient (Wildman–Crippen LogP) is 3.00. The van der Waals surface area contributed by atoms with Crippen molar-refractivity contribution >= 4 is 11.0 Å². The van der Waals surface area contributed by atoms with Crippen LogP contribution in [-0.4, -0.2) is 6.54 Å². The van der Waals surface area contributed by atoms with Gasteiger partial charge in [-0.15, -0.1) is 0 Å². The van der Waals surface area contributed by atoms with Crippen molar-refractivity contribution in [2.24, 2.45) is 0 Å². The van der Waals surface area contributed by atoms with Crippen LogP contribution in [0.3, 0.4) is 0 Å². The van der Waals surface area contributed by atoms with Crippen LogP contribution in [0.1, 0.15) is 24.7 Å². The van der Waals surface area contributed by atoms with Gasteiger partial charge in [-0.25, -0.2) is 0 Å². The summed E-state index contributed by atoms with van der Waals surface area (Å²) in [5, 5.41) is 12.9. The molecule has 0 amide bonds. The van der Waals surface area contributed by atoms with Crippen LogP contribution in [-0.2, 0) is 13.0 Å². The van der Waals surface area contributed by atoms with E-state index in [1.807, 2.05) is 18.2 Å². The fraction of sp³-hybridized carbons (Fsp3) is 0.357. The van der Waals surface area contributed by atoms with Gasteiger partial charge in [0, 0.05) is 36.9 Å². The molecule has 1 aromatic carbocycles. The Morgan fingerprint density at radius 2 is 2.18 bits per heavy atom. The molecule has 0 radical (unpaired) electrons. The number of benzene rings is 1. The molecule has 1 heterocycles. The summed E-state index contributed by atoms with van der Waals surface area (Å²) in [5.41, 5.74) is 2.17. The Bertz CT molecular complexity index is 537. The van der Waals surface area contributed by atoms with Crippen molar-refractivity contribution in [1.82, 2.24) is 5.32 Å². The lowest BCUT2D eigenvalue weighted by molar-refractivity contribution is 0.544. The summed E-state index contributed by atoms with van der Waals surface area (Å²) in [7, 11) is 0. The number of rotatable bonds is 5. The fourth-order valence-electron chi connectivity index (χ4n) is 1.99. The molecule has 1 aromatic heterocycles. The summed E-state index contributed by atoms with van der Waals surface area (Å²) in [5.74, 6) is 1.04. The highest BCUT2D eigenvalue weighted by Crippen LogP contribution is 2.25. The molecule has 0 bridgehead atoms. The molecule has 2 rings (SSSR count). The number of para-hydroxylation sites is 1. The molecule has 3 heteroatoms. The molecule has 88 valence electrons. The van der Waals surface area contributed by atoms with Crippen molar-refractivity contribution in [2.75, 3.05) is 6.54 Å². The quantitative estimate of drug-likeness (QED) is 0.800. The Hall–Kier alpha value is -1.79. The van der Waals surface area contributed by atoms with Gasteiger partial charge < -0.3 is 9.73 Å². The number of furan rings is 1. The Morgan fingerprint density at radius 3 is 2.94 bits per heavy atom. The summed E-state index contributed by atoms with van der Waals surface area (Å²) in [6.45, 7) is 3.58. The maximum absolute atomic E-state index is 8.49. The van der Waals surface area contributed by atoms with E-state index < -0.39 is 0 Å². The Kier molecular flexibility index (Phi) is 3.79. The molecule has 2 aromatic rings. The van der Waals surface area contributed by atoms with Crippen LogP contribution < -0.4 is 5.32 Å². The average Bonchev–Trinajstić information content (AvgIpc) is 2.73. The first kappa shape index (κ1) is 11.7. The van der Waals surface area contributed by atoms with E-state index in [1.165, 1.54) is 10.9 Å². The number of nitrogens with zero attached hydrogens (tertiary/aromatic N) is 1. The van der Waals surface area contributed by atoms with Crippen molar-refractivity contribution in [3.8, 4) is 6.07 Å². The largest absolute Gasteiger partial charge is 0.461 e. The minimum absolute atomic E-state index is 0.539. The second kappa shape index (κ2) is 5.51. The van der Waals surface area contributed by atoms with Gasteiger partial charge in [0.1, 0.15) is 11.3 Å². The van der Waals surface area contributed by atoms with Crippen LogP contribution in [0.4, 0.5) is 0 Å². The summed E-state index contributed by atoms with van der Waals surface area (Å²) < 4.78 is 5.80. The maximum atomic E-state index is 8.49. The lowest BCUT2D eigenvalue weighted by Gasteiger charge is -2.02. The highest BCUT2D eigenvalue weighted by atomic mass is 16.3. The molecular weight excluding hydrogens is 212 g/mol. The highest BCUT2D eigenvalue weighted by molar-refractivity contribution is 5.82. The van der Waals surface area contributed by atoms with Crippen LogP contribution in [0.5, 0.6) is 0 Å². The molecule has 17 heavy (non-hydrogen) atoms. The predicted molar refractivity (Wildman–Crippen MR) is 67.5 cm³/mol. The van der Waals surface area contributed by atoms with E-state index in [9.17, 15) is 0 Å². The zero-order valence-electron chi connectivity index (χ0n) is 9.99. The number of nitriles is 1. The van der Waals surface area contributed by atoms with E-state index in [-0.39, 0.29) is 0 Å². The molecule has 0 atom stereocenters. The summed E-state index contributed by atoms with van der Waals surface area (Å²) >= 11 is 0. The van der Waals surface area contributed by atoms with Gasteiger partial charge in [-0.3, -0.25) is 0 Å². The zero-order valence-corrected chi connectivity index (χ0v) is 9.99. The van der Waals surface area contributed by atoms with Crippen molar-refractivity contribution in [3.63, 3.8) is 0 Å². The van der Waals surface area contributed by atoms with E-state index in [0.717, 1.165) is 30.9 Å². The van der Waals surface area contributed by atoms with Gasteiger partial charge in [0.25, 0.3) is 0 Å². The summed E-state index contributed by atoms with van der Waals surface area (Å²) in [6, 6.07) is 10.2. The first-order chi connectivity index (χ1) is 8.36. The van der Waals surface area contributed by atoms with Gasteiger partial charge in [0.2, 0.25) is 0 Å². The number of aryl methyl sites for hydroxylation is 1. The number of hydrogen-bond donors (Lipinski definition) is 1. The van der Waals surface area contributed by atoms with Gasteiger partial charge in [-0.1, -0.05) is 25.1 Å². The average molecular weight is 228 g/mol. The van der Waals surface area contributed by atoms with Crippen LogP contribution in [0.15, 0.2) is 28.7 Å². The molecule has 1 N–H and O–H groups in total. The molecular formula is C14H16N2O. The van der Waals surface area contributed by atoms with Crippen molar-refractivity contribution < 1.29 is 4.42 Å². The summed E-state index contributed by atoms with van der Waals surface area (Å²) in [6.07, 6.45) is 1.43. The molecule has 0 aliphatic rings. The Morgan fingerprint density at radius 1 is 1.35 bits per heavy atom. The van der Waals surface area contributed by atoms with Crippen LogP contribution in [0, 0.1) is 11.3 Å². The van der Waals surface area contributed by atoms with Gasteiger partial charge >= 0.3 is 0 Å². The minimum atomic E-state index is 0.539. The van der Waals surface area contributed by atoms with Gasteiger partial charge in [-0.05, 0) is 6.07 Å². The SMILES string of the molecule is CCc1oc2ccccc2c1CNCCC#N. The normalized spacial score (nSPS) is 10.6. The molecule has 0 unspecified atom stereocenters. The van der Waals surface area contributed by atoms with E-state index in [2.05, 4.69) is 24.4 Å². The Balaban J connectivity index is 2.22. The lowest BCUT2D eigenvalue weighted by Crippen LogP contribution is -2.14. The first-order valence-electron chi connectivity index (χ1n) is 5.93. The number of fused-ring (bicyclic) bond motifs is 1. The van der Waals surface area contributed by atoms with Crippen molar-refractivity contribution in [1.29, 1.82) is 5.26 Å². The first-order valence-corrected chi connectivity index (χ1v) is 5.93. The second-order valence-electron chi connectivity index (χ2n) is 3.94. The molecule has 3 nitrogen and oxygen atoms in total. The van der Waals surface area contributed by atoms with Gasteiger partial charge in [-0.2, -0.15) is 5.26 Å². The molecule has 0 fully saturated rings. The second-order valence-corrected chi connectivity index (χ2v) is 3.94. The highest BCUT2D eigenvalue weighted by Gasteiger charge is 2.11. The van der Waals surface area contributed by atoms with E-state index in [1.54, 1.807) is 0 Å². The zero-order chi connectivity index (χ0) is 12.1. The third-order valence-corrected chi connectivity index (χ3v) is 2.82. The van der Waals surface area contributed by atoms with E-state index in [4.69, 9.17) is 9.68 Å². The van der Waals surface area contributed by atoms with Crippen LogP contribution in [0.2, 0.25) is 0 Å². The smallest absolute Gasteiger partial charge is 0.134 e. The molecule has 0 saturated heterocycles.